The quantitative estimate of drug-likeness (QED) is 0.754. The summed E-state index contributed by atoms with van der Waals surface area (Å²) in [4.78, 5) is 11.4. The SMILES string of the molecule is CCCC(=O)COc1ccc(-c2ccc(Br)cc2)cc1. The van der Waals surface area contributed by atoms with Gasteiger partial charge in [0, 0.05) is 10.9 Å². The summed E-state index contributed by atoms with van der Waals surface area (Å²) in [5.74, 6) is 0.875. The molecule has 0 saturated heterocycles. The molecule has 0 unspecified atom stereocenters. The van der Waals surface area contributed by atoms with Crippen LogP contribution in [0.3, 0.4) is 0 Å². The fourth-order valence-electron chi connectivity index (χ4n) is 1.90. The third kappa shape index (κ3) is 4.20. The molecule has 0 atom stereocenters. The van der Waals surface area contributed by atoms with Gasteiger partial charge in [0.25, 0.3) is 0 Å². The number of hydrogen-bond acceptors (Lipinski definition) is 2. The first-order valence-electron chi connectivity index (χ1n) is 6.69. The van der Waals surface area contributed by atoms with E-state index >= 15 is 0 Å². The Morgan fingerprint density at radius 1 is 1.00 bits per heavy atom. The highest BCUT2D eigenvalue weighted by Crippen LogP contribution is 2.24. The molecule has 0 saturated carbocycles. The fraction of sp³-hybridized carbons (Fsp3) is 0.235. The van der Waals surface area contributed by atoms with Crippen molar-refractivity contribution in [3.05, 3.63) is 53.0 Å². The maximum Gasteiger partial charge on any atom is 0.170 e. The Bertz CT molecular complexity index is 559. The van der Waals surface area contributed by atoms with Crippen molar-refractivity contribution >= 4 is 21.7 Å². The molecule has 0 fully saturated rings. The summed E-state index contributed by atoms with van der Waals surface area (Å²) in [5.41, 5.74) is 2.28. The van der Waals surface area contributed by atoms with E-state index in [2.05, 4.69) is 28.1 Å². The molecule has 0 aliphatic heterocycles. The van der Waals surface area contributed by atoms with Gasteiger partial charge in [0.05, 0.1) is 0 Å². The van der Waals surface area contributed by atoms with E-state index in [4.69, 9.17) is 4.74 Å². The topological polar surface area (TPSA) is 26.3 Å². The fourth-order valence-corrected chi connectivity index (χ4v) is 2.17. The molecule has 0 amide bonds. The van der Waals surface area contributed by atoms with E-state index in [1.165, 1.54) is 0 Å². The molecule has 3 heteroatoms. The standard InChI is InChI=1S/C17H17BrO2/c1-2-3-16(19)12-20-17-10-6-14(7-11-17)13-4-8-15(18)9-5-13/h4-11H,2-3,12H2,1H3. The Kier molecular flexibility index (Phi) is 5.36. The van der Waals surface area contributed by atoms with Crippen molar-refractivity contribution in [1.82, 2.24) is 0 Å². The molecule has 20 heavy (non-hydrogen) atoms. The van der Waals surface area contributed by atoms with Crippen LogP contribution in [0, 0.1) is 0 Å². The molecule has 0 heterocycles. The minimum atomic E-state index is 0.143. The zero-order valence-electron chi connectivity index (χ0n) is 11.4. The molecule has 0 N–H and O–H groups in total. The molecule has 0 aliphatic rings. The molecule has 2 aromatic rings. The Balaban J connectivity index is 1.99. The van der Waals surface area contributed by atoms with E-state index in [0.29, 0.717) is 6.42 Å². The lowest BCUT2D eigenvalue weighted by Gasteiger charge is -2.07. The predicted octanol–water partition coefficient (Wildman–Crippen LogP) is 4.86. The highest BCUT2D eigenvalue weighted by Gasteiger charge is 2.02. The Morgan fingerprint density at radius 3 is 2.10 bits per heavy atom. The van der Waals surface area contributed by atoms with E-state index < -0.39 is 0 Å². The zero-order valence-corrected chi connectivity index (χ0v) is 13.0. The third-order valence-electron chi connectivity index (χ3n) is 2.96. The molecule has 0 bridgehead atoms. The monoisotopic (exact) mass is 332 g/mol. The van der Waals surface area contributed by atoms with Crippen molar-refractivity contribution in [2.24, 2.45) is 0 Å². The summed E-state index contributed by atoms with van der Waals surface area (Å²) in [7, 11) is 0. The summed E-state index contributed by atoms with van der Waals surface area (Å²) in [5, 5.41) is 0. The van der Waals surface area contributed by atoms with Crippen LogP contribution in [-0.2, 0) is 4.79 Å². The van der Waals surface area contributed by atoms with Gasteiger partial charge in [-0.3, -0.25) is 4.79 Å². The van der Waals surface area contributed by atoms with Crippen molar-refractivity contribution < 1.29 is 9.53 Å². The number of Topliss-reactive ketones (excluding diaryl/α,β-unsaturated/α-hetero) is 1. The van der Waals surface area contributed by atoms with Gasteiger partial charge in [-0.2, -0.15) is 0 Å². The Hall–Kier alpha value is -1.61. The molecule has 2 nitrogen and oxygen atoms in total. The van der Waals surface area contributed by atoms with E-state index in [9.17, 15) is 4.79 Å². The van der Waals surface area contributed by atoms with Crippen LogP contribution in [0.5, 0.6) is 5.75 Å². The number of halogens is 1. The molecule has 0 radical (unpaired) electrons. The van der Waals surface area contributed by atoms with Gasteiger partial charge in [0.2, 0.25) is 0 Å². The first-order valence-corrected chi connectivity index (χ1v) is 7.49. The summed E-state index contributed by atoms with van der Waals surface area (Å²) in [6.07, 6.45) is 1.45. The number of ether oxygens (including phenoxy) is 1. The lowest BCUT2D eigenvalue weighted by molar-refractivity contribution is -0.121. The second-order valence-corrected chi connectivity index (χ2v) is 5.52. The number of hydrogen-bond donors (Lipinski definition) is 0. The summed E-state index contributed by atoms with van der Waals surface area (Å²) in [6, 6.07) is 16.0. The maximum absolute atomic E-state index is 11.4. The molecule has 0 aliphatic carbocycles. The van der Waals surface area contributed by atoms with Gasteiger partial charge in [0.15, 0.2) is 5.78 Å². The van der Waals surface area contributed by atoms with Crippen LogP contribution in [0.25, 0.3) is 11.1 Å². The number of ketones is 1. The summed E-state index contributed by atoms with van der Waals surface area (Å²) in [6.45, 7) is 2.15. The highest BCUT2D eigenvalue weighted by molar-refractivity contribution is 9.10. The number of benzene rings is 2. The van der Waals surface area contributed by atoms with E-state index in [-0.39, 0.29) is 12.4 Å². The van der Waals surface area contributed by atoms with Crippen LogP contribution < -0.4 is 4.74 Å². The van der Waals surface area contributed by atoms with Gasteiger partial charge in [-0.15, -0.1) is 0 Å². The number of carbonyl (C=O) groups excluding carboxylic acids is 1. The van der Waals surface area contributed by atoms with Crippen LogP contribution >= 0.6 is 15.9 Å². The lowest BCUT2D eigenvalue weighted by Crippen LogP contribution is -2.10. The molecule has 2 rings (SSSR count). The van der Waals surface area contributed by atoms with Crippen LogP contribution in [0.2, 0.25) is 0 Å². The largest absolute Gasteiger partial charge is 0.486 e. The van der Waals surface area contributed by atoms with Gasteiger partial charge in [0.1, 0.15) is 12.4 Å². The van der Waals surface area contributed by atoms with Crippen molar-refractivity contribution in [1.29, 1.82) is 0 Å². The van der Waals surface area contributed by atoms with E-state index in [1.54, 1.807) is 0 Å². The summed E-state index contributed by atoms with van der Waals surface area (Å²) >= 11 is 3.42. The van der Waals surface area contributed by atoms with Crippen molar-refractivity contribution in [2.75, 3.05) is 6.61 Å². The van der Waals surface area contributed by atoms with Gasteiger partial charge < -0.3 is 4.74 Å². The minimum absolute atomic E-state index is 0.143. The molecule has 2 aromatic carbocycles. The average molecular weight is 333 g/mol. The summed E-state index contributed by atoms with van der Waals surface area (Å²) < 4.78 is 6.54. The maximum atomic E-state index is 11.4. The third-order valence-corrected chi connectivity index (χ3v) is 3.49. The first kappa shape index (κ1) is 14.8. The molecular formula is C17H17BrO2. The van der Waals surface area contributed by atoms with Crippen molar-refractivity contribution in [3.63, 3.8) is 0 Å². The molecule has 0 spiro atoms. The van der Waals surface area contributed by atoms with Crippen LogP contribution in [-0.4, -0.2) is 12.4 Å². The lowest BCUT2D eigenvalue weighted by atomic mass is 10.1. The highest BCUT2D eigenvalue weighted by atomic mass is 79.9. The number of carbonyl (C=O) groups is 1. The van der Waals surface area contributed by atoms with E-state index in [0.717, 1.165) is 27.8 Å². The van der Waals surface area contributed by atoms with E-state index in [1.807, 2.05) is 43.3 Å². The minimum Gasteiger partial charge on any atom is -0.486 e. The predicted molar refractivity (Wildman–Crippen MR) is 85.0 cm³/mol. The Morgan fingerprint density at radius 2 is 1.55 bits per heavy atom. The van der Waals surface area contributed by atoms with Gasteiger partial charge in [-0.1, -0.05) is 47.1 Å². The Labute approximate surface area is 127 Å². The normalized spacial score (nSPS) is 10.3. The van der Waals surface area contributed by atoms with Crippen molar-refractivity contribution in [3.8, 4) is 16.9 Å². The smallest absolute Gasteiger partial charge is 0.170 e. The number of rotatable bonds is 6. The van der Waals surface area contributed by atoms with Gasteiger partial charge >= 0.3 is 0 Å². The van der Waals surface area contributed by atoms with Crippen molar-refractivity contribution in [2.45, 2.75) is 19.8 Å². The molecular weight excluding hydrogens is 316 g/mol. The van der Waals surface area contributed by atoms with Gasteiger partial charge in [-0.05, 0) is 41.8 Å². The average Bonchev–Trinajstić information content (AvgIpc) is 2.47. The van der Waals surface area contributed by atoms with Crippen LogP contribution in [0.15, 0.2) is 53.0 Å². The van der Waals surface area contributed by atoms with Crippen LogP contribution in [0.1, 0.15) is 19.8 Å². The van der Waals surface area contributed by atoms with Crippen LogP contribution in [0.4, 0.5) is 0 Å². The first-order chi connectivity index (χ1) is 9.69. The molecule has 104 valence electrons. The van der Waals surface area contributed by atoms with Gasteiger partial charge in [-0.25, -0.2) is 0 Å². The molecule has 0 aromatic heterocycles. The zero-order chi connectivity index (χ0) is 14.4. The second-order valence-electron chi connectivity index (χ2n) is 4.61. The second kappa shape index (κ2) is 7.25.